The lowest BCUT2D eigenvalue weighted by Gasteiger charge is -2.04. The van der Waals surface area contributed by atoms with Crippen molar-refractivity contribution in [2.45, 2.75) is 32.2 Å². The molecule has 0 saturated heterocycles. The molecule has 1 fully saturated rings. The van der Waals surface area contributed by atoms with E-state index in [9.17, 15) is 9.18 Å². The van der Waals surface area contributed by atoms with E-state index in [1.807, 2.05) is 6.92 Å². The molecule has 2 aromatic rings. The summed E-state index contributed by atoms with van der Waals surface area (Å²) in [6.45, 7) is 1.90. The number of carbonyl (C=O) groups is 1. The summed E-state index contributed by atoms with van der Waals surface area (Å²) in [7, 11) is 0. The Bertz CT molecular complexity index is 650. The minimum absolute atomic E-state index is 0.0700. The first-order valence-corrected chi connectivity index (χ1v) is 6.50. The molecule has 0 aliphatic heterocycles. The van der Waals surface area contributed by atoms with E-state index >= 15 is 0 Å². The lowest BCUT2D eigenvalue weighted by atomic mass is 10.1. The van der Waals surface area contributed by atoms with E-state index in [-0.39, 0.29) is 18.3 Å². The van der Waals surface area contributed by atoms with Gasteiger partial charge in [0.25, 0.3) is 0 Å². The van der Waals surface area contributed by atoms with Gasteiger partial charge in [-0.3, -0.25) is 4.79 Å². The summed E-state index contributed by atoms with van der Waals surface area (Å²) in [6, 6.07) is 4.87. The second-order valence-corrected chi connectivity index (χ2v) is 5.01. The maximum Gasteiger partial charge on any atom is 0.315 e. The van der Waals surface area contributed by atoms with Crippen molar-refractivity contribution in [1.82, 2.24) is 15.5 Å². The molecule has 0 unspecified atom stereocenters. The number of amides is 1. The number of nitrogens with zero attached hydrogens (tertiary/aromatic N) is 2. The Morgan fingerprint density at radius 3 is 3.00 bits per heavy atom. The van der Waals surface area contributed by atoms with Crippen LogP contribution in [0.25, 0.3) is 0 Å². The van der Waals surface area contributed by atoms with Gasteiger partial charge in [0.1, 0.15) is 5.82 Å². The Hall–Kier alpha value is -2.24. The standard InChI is InChI=1S/C14H14FN3O2/c1-8-2-3-10(11(15)6-8)7-16-13(19)14-17-12(18-20-14)9-4-5-9/h2-3,6,9H,4-5,7H2,1H3,(H,16,19). The normalized spacial score (nSPS) is 14.3. The monoisotopic (exact) mass is 275 g/mol. The maximum atomic E-state index is 13.6. The van der Waals surface area contributed by atoms with Crippen LogP contribution in [0.3, 0.4) is 0 Å². The summed E-state index contributed by atoms with van der Waals surface area (Å²) in [6.07, 6.45) is 2.07. The second-order valence-electron chi connectivity index (χ2n) is 5.01. The van der Waals surface area contributed by atoms with Crippen LogP contribution in [-0.4, -0.2) is 16.0 Å². The Labute approximate surface area is 115 Å². The van der Waals surface area contributed by atoms with E-state index in [0.29, 0.717) is 17.3 Å². The average Bonchev–Trinajstić information content (AvgIpc) is 3.15. The first kappa shape index (κ1) is 12.8. The van der Waals surface area contributed by atoms with Crippen molar-refractivity contribution < 1.29 is 13.7 Å². The molecule has 1 amide bonds. The Morgan fingerprint density at radius 1 is 1.50 bits per heavy atom. The quantitative estimate of drug-likeness (QED) is 0.929. The number of hydrogen-bond acceptors (Lipinski definition) is 4. The fourth-order valence-electron chi connectivity index (χ4n) is 1.88. The number of benzene rings is 1. The molecule has 104 valence electrons. The minimum Gasteiger partial charge on any atom is -0.344 e. The van der Waals surface area contributed by atoms with Crippen molar-refractivity contribution in [2.75, 3.05) is 0 Å². The predicted octanol–water partition coefficient (Wildman–Crippen LogP) is 2.32. The van der Waals surface area contributed by atoms with E-state index in [1.165, 1.54) is 6.07 Å². The fraction of sp³-hybridized carbons (Fsp3) is 0.357. The third-order valence-electron chi connectivity index (χ3n) is 3.23. The van der Waals surface area contributed by atoms with Crippen molar-refractivity contribution >= 4 is 5.91 Å². The Balaban J connectivity index is 1.63. The van der Waals surface area contributed by atoms with Gasteiger partial charge in [-0.25, -0.2) is 4.39 Å². The molecule has 1 heterocycles. The molecule has 6 heteroatoms. The fourth-order valence-corrected chi connectivity index (χ4v) is 1.88. The SMILES string of the molecule is Cc1ccc(CNC(=O)c2nc(C3CC3)no2)c(F)c1. The van der Waals surface area contributed by atoms with Crippen LogP contribution in [0.4, 0.5) is 4.39 Å². The molecule has 1 aliphatic carbocycles. The molecule has 0 spiro atoms. The second kappa shape index (κ2) is 5.03. The number of halogens is 1. The minimum atomic E-state index is -0.482. The highest BCUT2D eigenvalue weighted by Crippen LogP contribution is 2.38. The summed E-state index contributed by atoms with van der Waals surface area (Å²) in [4.78, 5) is 15.9. The van der Waals surface area contributed by atoms with Crippen molar-refractivity contribution in [3.63, 3.8) is 0 Å². The van der Waals surface area contributed by atoms with Crippen LogP contribution in [0.5, 0.6) is 0 Å². The zero-order valence-corrected chi connectivity index (χ0v) is 11.0. The summed E-state index contributed by atoms with van der Waals surface area (Å²) in [5.74, 6) is 0.0183. The zero-order chi connectivity index (χ0) is 14.1. The predicted molar refractivity (Wildman–Crippen MR) is 68.6 cm³/mol. The summed E-state index contributed by atoms with van der Waals surface area (Å²) < 4.78 is 18.5. The lowest BCUT2D eigenvalue weighted by Crippen LogP contribution is -2.23. The number of nitrogens with one attached hydrogen (secondary N) is 1. The Morgan fingerprint density at radius 2 is 2.30 bits per heavy atom. The van der Waals surface area contributed by atoms with Gasteiger partial charge >= 0.3 is 11.8 Å². The molecule has 0 atom stereocenters. The van der Waals surface area contributed by atoms with E-state index in [4.69, 9.17) is 4.52 Å². The molecule has 1 aromatic heterocycles. The van der Waals surface area contributed by atoms with Crippen LogP contribution in [0.15, 0.2) is 22.7 Å². The summed E-state index contributed by atoms with van der Waals surface area (Å²) in [5.41, 5.74) is 1.26. The number of hydrogen-bond donors (Lipinski definition) is 1. The number of aryl methyl sites for hydroxylation is 1. The maximum absolute atomic E-state index is 13.6. The molecule has 1 saturated carbocycles. The smallest absolute Gasteiger partial charge is 0.315 e. The van der Waals surface area contributed by atoms with Gasteiger partial charge in [-0.1, -0.05) is 17.3 Å². The lowest BCUT2D eigenvalue weighted by molar-refractivity contribution is 0.0906. The highest BCUT2D eigenvalue weighted by atomic mass is 19.1. The number of carbonyl (C=O) groups excluding carboxylic acids is 1. The first-order chi connectivity index (χ1) is 9.63. The van der Waals surface area contributed by atoms with E-state index in [1.54, 1.807) is 12.1 Å². The van der Waals surface area contributed by atoms with Crippen molar-refractivity contribution in [1.29, 1.82) is 0 Å². The topological polar surface area (TPSA) is 68.0 Å². The average molecular weight is 275 g/mol. The van der Waals surface area contributed by atoms with Gasteiger partial charge in [0.2, 0.25) is 0 Å². The molecule has 5 nitrogen and oxygen atoms in total. The van der Waals surface area contributed by atoms with Gasteiger partial charge in [0.05, 0.1) is 0 Å². The zero-order valence-electron chi connectivity index (χ0n) is 11.0. The molecular formula is C14H14FN3O2. The van der Waals surface area contributed by atoms with Gasteiger partial charge in [-0.05, 0) is 31.4 Å². The highest BCUT2D eigenvalue weighted by Gasteiger charge is 2.29. The molecule has 1 aliphatic rings. The molecule has 0 radical (unpaired) electrons. The summed E-state index contributed by atoms with van der Waals surface area (Å²) in [5, 5.41) is 6.34. The highest BCUT2D eigenvalue weighted by molar-refractivity contribution is 5.89. The van der Waals surface area contributed by atoms with E-state index in [2.05, 4.69) is 15.5 Å². The van der Waals surface area contributed by atoms with Crippen molar-refractivity contribution in [3.8, 4) is 0 Å². The van der Waals surface area contributed by atoms with Crippen LogP contribution >= 0.6 is 0 Å². The van der Waals surface area contributed by atoms with Crippen LogP contribution in [0, 0.1) is 12.7 Å². The van der Waals surface area contributed by atoms with Crippen molar-refractivity contribution in [3.05, 3.63) is 46.9 Å². The molecule has 3 rings (SSSR count). The molecular weight excluding hydrogens is 261 g/mol. The third kappa shape index (κ3) is 2.68. The molecule has 20 heavy (non-hydrogen) atoms. The van der Waals surface area contributed by atoms with Gasteiger partial charge in [0, 0.05) is 18.0 Å². The van der Waals surface area contributed by atoms with Gasteiger partial charge in [0.15, 0.2) is 5.82 Å². The van der Waals surface area contributed by atoms with Crippen LogP contribution < -0.4 is 5.32 Å². The van der Waals surface area contributed by atoms with Gasteiger partial charge < -0.3 is 9.84 Å². The van der Waals surface area contributed by atoms with Crippen LogP contribution in [0.1, 0.15) is 46.4 Å². The summed E-state index contributed by atoms with van der Waals surface area (Å²) >= 11 is 0. The number of rotatable bonds is 4. The van der Waals surface area contributed by atoms with E-state index < -0.39 is 5.91 Å². The van der Waals surface area contributed by atoms with Crippen LogP contribution in [0.2, 0.25) is 0 Å². The first-order valence-electron chi connectivity index (χ1n) is 6.50. The van der Waals surface area contributed by atoms with Crippen LogP contribution in [-0.2, 0) is 6.54 Å². The van der Waals surface area contributed by atoms with E-state index in [0.717, 1.165) is 18.4 Å². The van der Waals surface area contributed by atoms with Gasteiger partial charge in [-0.2, -0.15) is 4.98 Å². The molecule has 1 aromatic carbocycles. The third-order valence-corrected chi connectivity index (χ3v) is 3.23. The van der Waals surface area contributed by atoms with Crippen molar-refractivity contribution in [2.24, 2.45) is 0 Å². The molecule has 1 N–H and O–H groups in total. The number of aromatic nitrogens is 2. The largest absolute Gasteiger partial charge is 0.344 e. The Kier molecular flexibility index (Phi) is 3.22. The molecule has 0 bridgehead atoms. The van der Waals surface area contributed by atoms with Gasteiger partial charge in [-0.15, -0.1) is 0 Å².